The van der Waals surface area contributed by atoms with Gasteiger partial charge in [-0.05, 0) is 31.9 Å². The number of carbonyl (C=O) groups is 2. The molecule has 0 aromatic heterocycles. The largest absolute Gasteiger partial charge is 0.469 e. The molecule has 108 valence electrons. The Balaban J connectivity index is 2.46. The molecule has 1 aromatic carbocycles. The average Bonchev–Trinajstić information content (AvgIpc) is 2.64. The molecule has 1 aliphatic heterocycles. The Hall–Kier alpha value is -1.84. The van der Waals surface area contributed by atoms with Gasteiger partial charge in [-0.2, -0.15) is 0 Å². The van der Waals surface area contributed by atoms with E-state index in [0.717, 1.165) is 16.8 Å². The van der Waals surface area contributed by atoms with E-state index in [1.807, 2.05) is 32.0 Å². The van der Waals surface area contributed by atoms with Gasteiger partial charge in [0.15, 0.2) is 0 Å². The number of benzene rings is 1. The van der Waals surface area contributed by atoms with Crippen molar-refractivity contribution < 1.29 is 14.3 Å². The highest BCUT2D eigenvalue weighted by atomic mass is 16.5. The van der Waals surface area contributed by atoms with Gasteiger partial charge in [-0.1, -0.05) is 25.1 Å². The summed E-state index contributed by atoms with van der Waals surface area (Å²) in [4.78, 5) is 26.3. The SMILES string of the molecule is COC(=O)[C@]1(C)CN(c2c(C)cccc2C)C(=O)C1C. The van der Waals surface area contributed by atoms with Crippen molar-refractivity contribution in [1.82, 2.24) is 0 Å². The second kappa shape index (κ2) is 4.93. The lowest BCUT2D eigenvalue weighted by Crippen LogP contribution is -2.36. The topological polar surface area (TPSA) is 46.6 Å². The number of esters is 1. The normalized spacial score (nSPS) is 25.9. The van der Waals surface area contributed by atoms with E-state index in [0.29, 0.717) is 6.54 Å². The van der Waals surface area contributed by atoms with Crippen LogP contribution in [0.15, 0.2) is 18.2 Å². The first-order chi connectivity index (χ1) is 9.32. The summed E-state index contributed by atoms with van der Waals surface area (Å²) in [6, 6.07) is 5.93. The van der Waals surface area contributed by atoms with E-state index in [1.54, 1.807) is 18.7 Å². The van der Waals surface area contributed by atoms with Crippen molar-refractivity contribution in [1.29, 1.82) is 0 Å². The number of anilines is 1. The third-order valence-electron chi connectivity index (χ3n) is 4.44. The summed E-state index contributed by atoms with van der Waals surface area (Å²) in [5, 5.41) is 0. The average molecular weight is 275 g/mol. The molecule has 2 rings (SSSR count). The van der Waals surface area contributed by atoms with Crippen LogP contribution in [-0.4, -0.2) is 25.5 Å². The van der Waals surface area contributed by atoms with Crippen molar-refractivity contribution in [3.05, 3.63) is 29.3 Å². The van der Waals surface area contributed by atoms with Crippen LogP contribution in [0.4, 0.5) is 5.69 Å². The fraction of sp³-hybridized carbons (Fsp3) is 0.500. The molecule has 1 fully saturated rings. The van der Waals surface area contributed by atoms with Crippen LogP contribution in [0.5, 0.6) is 0 Å². The lowest BCUT2D eigenvalue weighted by Gasteiger charge is -2.25. The van der Waals surface area contributed by atoms with Gasteiger partial charge in [0, 0.05) is 12.2 Å². The molecule has 0 saturated carbocycles. The first kappa shape index (κ1) is 14.6. The van der Waals surface area contributed by atoms with Gasteiger partial charge in [0.1, 0.15) is 0 Å². The van der Waals surface area contributed by atoms with Crippen molar-refractivity contribution in [2.24, 2.45) is 11.3 Å². The Morgan fingerprint density at radius 2 is 1.90 bits per heavy atom. The summed E-state index contributed by atoms with van der Waals surface area (Å²) in [6.07, 6.45) is 0. The van der Waals surface area contributed by atoms with E-state index in [1.165, 1.54) is 7.11 Å². The van der Waals surface area contributed by atoms with Crippen molar-refractivity contribution >= 4 is 17.6 Å². The van der Waals surface area contributed by atoms with Crippen LogP contribution in [-0.2, 0) is 14.3 Å². The first-order valence-electron chi connectivity index (χ1n) is 6.79. The van der Waals surface area contributed by atoms with E-state index >= 15 is 0 Å². The summed E-state index contributed by atoms with van der Waals surface area (Å²) in [5.41, 5.74) is 2.21. The molecule has 1 aliphatic rings. The van der Waals surface area contributed by atoms with E-state index in [-0.39, 0.29) is 17.8 Å². The van der Waals surface area contributed by atoms with Gasteiger partial charge < -0.3 is 9.64 Å². The predicted octanol–water partition coefficient (Wildman–Crippen LogP) is 2.47. The number of carbonyl (C=O) groups excluding carboxylic acids is 2. The van der Waals surface area contributed by atoms with Gasteiger partial charge in [-0.25, -0.2) is 0 Å². The quantitative estimate of drug-likeness (QED) is 0.779. The minimum absolute atomic E-state index is 0.0182. The molecule has 20 heavy (non-hydrogen) atoms. The monoisotopic (exact) mass is 275 g/mol. The van der Waals surface area contributed by atoms with Crippen LogP contribution in [0.2, 0.25) is 0 Å². The summed E-state index contributed by atoms with van der Waals surface area (Å²) in [6.45, 7) is 7.93. The lowest BCUT2D eigenvalue weighted by atomic mass is 9.81. The number of methoxy groups -OCH3 is 1. The highest BCUT2D eigenvalue weighted by Crippen LogP contribution is 2.41. The Morgan fingerprint density at radius 3 is 2.40 bits per heavy atom. The van der Waals surface area contributed by atoms with Crippen LogP contribution in [0, 0.1) is 25.2 Å². The van der Waals surface area contributed by atoms with Crippen molar-refractivity contribution in [2.45, 2.75) is 27.7 Å². The maximum absolute atomic E-state index is 12.6. The zero-order chi connectivity index (χ0) is 15.1. The number of ether oxygens (including phenoxy) is 1. The zero-order valence-corrected chi connectivity index (χ0v) is 12.7. The molecule has 1 heterocycles. The number of amides is 1. The fourth-order valence-corrected chi connectivity index (χ4v) is 2.94. The minimum Gasteiger partial charge on any atom is -0.469 e. The summed E-state index contributed by atoms with van der Waals surface area (Å²) in [7, 11) is 1.37. The number of para-hydroxylation sites is 1. The molecular formula is C16H21NO3. The summed E-state index contributed by atoms with van der Waals surface area (Å²) < 4.78 is 4.88. The van der Waals surface area contributed by atoms with E-state index in [4.69, 9.17) is 4.74 Å². The van der Waals surface area contributed by atoms with Gasteiger partial charge in [0.2, 0.25) is 5.91 Å². The molecular weight excluding hydrogens is 254 g/mol. The lowest BCUT2D eigenvalue weighted by molar-refractivity contribution is -0.153. The number of nitrogens with zero attached hydrogens (tertiary/aromatic N) is 1. The van der Waals surface area contributed by atoms with E-state index in [9.17, 15) is 9.59 Å². The summed E-state index contributed by atoms with van der Waals surface area (Å²) >= 11 is 0. The second-order valence-electron chi connectivity index (χ2n) is 5.80. The van der Waals surface area contributed by atoms with Gasteiger partial charge in [0.25, 0.3) is 0 Å². The van der Waals surface area contributed by atoms with Gasteiger partial charge in [0.05, 0.1) is 18.4 Å². The predicted molar refractivity (Wildman–Crippen MR) is 77.6 cm³/mol. The third kappa shape index (κ3) is 1.99. The molecule has 4 heteroatoms. The molecule has 0 radical (unpaired) electrons. The van der Waals surface area contributed by atoms with Crippen molar-refractivity contribution in [2.75, 3.05) is 18.6 Å². The maximum Gasteiger partial charge on any atom is 0.314 e. The molecule has 4 nitrogen and oxygen atoms in total. The molecule has 1 amide bonds. The minimum atomic E-state index is -0.791. The Kier molecular flexibility index (Phi) is 3.59. The third-order valence-corrected chi connectivity index (χ3v) is 4.44. The Bertz CT molecular complexity index is 547. The number of hydrogen-bond donors (Lipinski definition) is 0. The molecule has 0 aliphatic carbocycles. The molecule has 1 unspecified atom stereocenters. The molecule has 0 bridgehead atoms. The standard InChI is InChI=1S/C16H21NO3/c1-10-7-6-8-11(2)13(10)17-9-16(4,15(19)20-5)12(3)14(17)18/h6-8,12H,9H2,1-5H3/t12?,16-/m1/s1. The molecule has 0 spiro atoms. The molecule has 2 atom stereocenters. The van der Waals surface area contributed by atoms with E-state index < -0.39 is 5.41 Å². The van der Waals surface area contributed by atoms with Gasteiger partial charge in [-0.15, -0.1) is 0 Å². The van der Waals surface area contributed by atoms with Gasteiger partial charge in [-0.3, -0.25) is 9.59 Å². The highest BCUT2D eigenvalue weighted by molar-refractivity contribution is 6.03. The molecule has 1 saturated heterocycles. The van der Waals surface area contributed by atoms with Crippen LogP contribution in [0.25, 0.3) is 0 Å². The zero-order valence-electron chi connectivity index (χ0n) is 12.7. The maximum atomic E-state index is 12.6. The van der Waals surface area contributed by atoms with Crippen LogP contribution >= 0.6 is 0 Å². The number of rotatable bonds is 2. The summed E-state index contributed by atoms with van der Waals surface area (Å²) in [5.74, 6) is -0.726. The van der Waals surface area contributed by atoms with Crippen LogP contribution < -0.4 is 4.90 Å². The Labute approximate surface area is 119 Å². The van der Waals surface area contributed by atoms with Crippen molar-refractivity contribution in [3.8, 4) is 0 Å². The van der Waals surface area contributed by atoms with Gasteiger partial charge >= 0.3 is 5.97 Å². The van der Waals surface area contributed by atoms with Crippen LogP contribution in [0.1, 0.15) is 25.0 Å². The molecule has 1 aromatic rings. The van der Waals surface area contributed by atoms with Crippen molar-refractivity contribution in [3.63, 3.8) is 0 Å². The highest BCUT2D eigenvalue weighted by Gasteiger charge is 2.53. The number of aryl methyl sites for hydroxylation is 2. The smallest absolute Gasteiger partial charge is 0.314 e. The fourth-order valence-electron chi connectivity index (χ4n) is 2.94. The van der Waals surface area contributed by atoms with Crippen LogP contribution in [0.3, 0.4) is 0 Å². The second-order valence-corrected chi connectivity index (χ2v) is 5.80. The Morgan fingerprint density at radius 1 is 1.35 bits per heavy atom. The first-order valence-corrected chi connectivity index (χ1v) is 6.79. The number of hydrogen-bond acceptors (Lipinski definition) is 3. The molecule has 0 N–H and O–H groups in total. The van der Waals surface area contributed by atoms with E-state index in [2.05, 4.69) is 0 Å².